The van der Waals surface area contributed by atoms with Crippen LogP contribution in [0.3, 0.4) is 0 Å². The number of hydrogen-bond acceptors (Lipinski definition) is 4. The van der Waals surface area contributed by atoms with E-state index in [1.807, 2.05) is 32.0 Å². The predicted octanol–water partition coefficient (Wildman–Crippen LogP) is 2.33. The van der Waals surface area contributed by atoms with Crippen LogP contribution in [-0.4, -0.2) is 32.4 Å². The van der Waals surface area contributed by atoms with E-state index in [0.717, 1.165) is 30.2 Å². The van der Waals surface area contributed by atoms with Crippen molar-refractivity contribution >= 4 is 11.4 Å². The average Bonchev–Trinajstić information content (AvgIpc) is 2.51. The summed E-state index contributed by atoms with van der Waals surface area (Å²) in [4.78, 5) is 0. The van der Waals surface area contributed by atoms with Crippen LogP contribution in [0, 0.1) is 0 Å². The monoisotopic (exact) mass is 236 g/mol. The van der Waals surface area contributed by atoms with Gasteiger partial charge < -0.3 is 20.1 Å². The summed E-state index contributed by atoms with van der Waals surface area (Å²) >= 11 is 0. The Hall–Kier alpha value is -1.42. The van der Waals surface area contributed by atoms with Crippen LogP contribution in [-0.2, 0) is 4.74 Å². The number of ether oxygens (including phenoxy) is 2. The Morgan fingerprint density at radius 2 is 2.00 bits per heavy atom. The van der Waals surface area contributed by atoms with E-state index >= 15 is 0 Å². The zero-order chi connectivity index (χ0) is 12.3. The van der Waals surface area contributed by atoms with Crippen molar-refractivity contribution in [2.24, 2.45) is 0 Å². The first kappa shape index (κ1) is 12.0. The van der Waals surface area contributed by atoms with Crippen molar-refractivity contribution in [3.63, 3.8) is 0 Å². The second-order valence-electron chi connectivity index (χ2n) is 4.46. The lowest BCUT2D eigenvalue weighted by Gasteiger charge is -2.16. The lowest BCUT2D eigenvalue weighted by Crippen LogP contribution is -2.26. The highest BCUT2D eigenvalue weighted by molar-refractivity contribution is 5.76. The lowest BCUT2D eigenvalue weighted by atomic mass is 10.2. The van der Waals surface area contributed by atoms with Gasteiger partial charge >= 0.3 is 0 Å². The molecule has 1 aliphatic heterocycles. The molecule has 1 atom stereocenters. The molecule has 94 valence electrons. The van der Waals surface area contributed by atoms with Crippen LogP contribution in [0.5, 0.6) is 5.75 Å². The van der Waals surface area contributed by atoms with Crippen molar-refractivity contribution < 1.29 is 9.47 Å². The highest BCUT2D eigenvalue weighted by Gasteiger charge is 2.17. The molecule has 1 aromatic carbocycles. The van der Waals surface area contributed by atoms with E-state index in [4.69, 9.17) is 9.47 Å². The molecular weight excluding hydrogens is 216 g/mol. The highest BCUT2D eigenvalue weighted by atomic mass is 16.5. The zero-order valence-corrected chi connectivity index (χ0v) is 10.6. The quantitative estimate of drug-likeness (QED) is 0.845. The van der Waals surface area contributed by atoms with Gasteiger partial charge in [-0.15, -0.1) is 0 Å². The molecule has 17 heavy (non-hydrogen) atoms. The molecule has 0 spiro atoms. The molecule has 0 fully saturated rings. The molecule has 0 saturated heterocycles. The minimum atomic E-state index is 0.171. The van der Waals surface area contributed by atoms with Gasteiger partial charge in [-0.2, -0.15) is 0 Å². The fraction of sp³-hybridized carbons (Fsp3) is 0.538. The van der Waals surface area contributed by atoms with Gasteiger partial charge in [0, 0.05) is 20.2 Å². The third kappa shape index (κ3) is 2.82. The standard InChI is InChI=1S/C13H20N2O2/c1-9(2)17-12-6-4-5-11-13(12)15-8-10(16-3)7-14-11/h4-6,9-10,14-15H,7-8H2,1-3H3. The maximum Gasteiger partial charge on any atom is 0.144 e. The topological polar surface area (TPSA) is 42.5 Å². The Morgan fingerprint density at radius 1 is 1.24 bits per heavy atom. The van der Waals surface area contributed by atoms with Crippen LogP contribution in [0.15, 0.2) is 18.2 Å². The maximum absolute atomic E-state index is 5.79. The van der Waals surface area contributed by atoms with E-state index in [1.165, 1.54) is 0 Å². The Kier molecular flexibility index (Phi) is 3.74. The number of fused-ring (bicyclic) bond motifs is 1. The van der Waals surface area contributed by atoms with Gasteiger partial charge in [0.25, 0.3) is 0 Å². The summed E-state index contributed by atoms with van der Waals surface area (Å²) in [5, 5.41) is 6.76. The third-order valence-electron chi connectivity index (χ3n) is 2.75. The van der Waals surface area contributed by atoms with Crippen molar-refractivity contribution in [3.8, 4) is 5.75 Å². The summed E-state index contributed by atoms with van der Waals surface area (Å²) in [6.07, 6.45) is 0.346. The van der Waals surface area contributed by atoms with Gasteiger partial charge in [0.05, 0.1) is 17.9 Å². The minimum Gasteiger partial charge on any atom is -0.489 e. The van der Waals surface area contributed by atoms with Crippen molar-refractivity contribution in [1.29, 1.82) is 0 Å². The zero-order valence-electron chi connectivity index (χ0n) is 10.6. The first-order valence-corrected chi connectivity index (χ1v) is 6.01. The first-order valence-electron chi connectivity index (χ1n) is 6.01. The van der Waals surface area contributed by atoms with Crippen LogP contribution in [0.25, 0.3) is 0 Å². The number of nitrogens with one attached hydrogen (secondary N) is 2. The van der Waals surface area contributed by atoms with E-state index < -0.39 is 0 Å². The normalized spacial score (nSPS) is 18.9. The average molecular weight is 236 g/mol. The van der Waals surface area contributed by atoms with Gasteiger partial charge in [0.1, 0.15) is 11.4 Å². The Labute approximate surface area is 102 Å². The number of hydrogen-bond donors (Lipinski definition) is 2. The second-order valence-corrected chi connectivity index (χ2v) is 4.46. The summed E-state index contributed by atoms with van der Waals surface area (Å²) in [6.45, 7) is 5.65. The molecule has 4 nitrogen and oxygen atoms in total. The Balaban J connectivity index is 2.23. The fourth-order valence-electron chi connectivity index (χ4n) is 1.89. The van der Waals surface area contributed by atoms with E-state index in [0.29, 0.717) is 0 Å². The van der Waals surface area contributed by atoms with Gasteiger partial charge in [-0.1, -0.05) is 6.07 Å². The minimum absolute atomic E-state index is 0.171. The molecule has 2 rings (SSSR count). The molecule has 0 bridgehead atoms. The predicted molar refractivity (Wildman–Crippen MR) is 70.0 cm³/mol. The van der Waals surface area contributed by atoms with Crippen LogP contribution < -0.4 is 15.4 Å². The third-order valence-corrected chi connectivity index (χ3v) is 2.75. The molecule has 0 aliphatic carbocycles. The molecule has 1 aliphatic rings. The molecule has 2 N–H and O–H groups in total. The van der Waals surface area contributed by atoms with Gasteiger partial charge in [-0.3, -0.25) is 0 Å². The number of anilines is 2. The summed E-state index contributed by atoms with van der Waals surface area (Å²) in [7, 11) is 1.73. The number of rotatable bonds is 3. The molecule has 0 aromatic heterocycles. The summed E-state index contributed by atoms with van der Waals surface area (Å²) in [5.41, 5.74) is 2.10. The molecule has 1 heterocycles. The summed E-state index contributed by atoms with van der Waals surface area (Å²) < 4.78 is 11.2. The van der Waals surface area contributed by atoms with E-state index in [9.17, 15) is 0 Å². The SMILES string of the molecule is COC1CNc2cccc(OC(C)C)c2NC1. The van der Waals surface area contributed by atoms with Crippen molar-refractivity contribution in [2.75, 3.05) is 30.8 Å². The van der Waals surface area contributed by atoms with Crippen molar-refractivity contribution in [2.45, 2.75) is 26.1 Å². The van der Waals surface area contributed by atoms with Crippen molar-refractivity contribution in [1.82, 2.24) is 0 Å². The summed E-state index contributed by atoms with van der Waals surface area (Å²) in [6, 6.07) is 6.03. The molecule has 4 heteroatoms. The maximum atomic E-state index is 5.79. The summed E-state index contributed by atoms with van der Waals surface area (Å²) in [5.74, 6) is 0.891. The fourth-order valence-corrected chi connectivity index (χ4v) is 1.89. The molecule has 0 radical (unpaired) electrons. The van der Waals surface area contributed by atoms with Crippen molar-refractivity contribution in [3.05, 3.63) is 18.2 Å². The lowest BCUT2D eigenvalue weighted by molar-refractivity contribution is 0.124. The number of para-hydroxylation sites is 1. The van der Waals surface area contributed by atoms with Gasteiger partial charge in [-0.05, 0) is 26.0 Å². The number of benzene rings is 1. The van der Waals surface area contributed by atoms with E-state index in [-0.39, 0.29) is 12.2 Å². The molecule has 0 amide bonds. The Bertz CT molecular complexity index is 380. The molecule has 0 saturated carbocycles. The van der Waals surface area contributed by atoms with E-state index in [2.05, 4.69) is 10.6 Å². The van der Waals surface area contributed by atoms with Crippen LogP contribution in [0.4, 0.5) is 11.4 Å². The smallest absolute Gasteiger partial charge is 0.144 e. The molecule has 1 aromatic rings. The van der Waals surface area contributed by atoms with Gasteiger partial charge in [0.2, 0.25) is 0 Å². The molecule has 1 unspecified atom stereocenters. The van der Waals surface area contributed by atoms with Gasteiger partial charge in [0.15, 0.2) is 0 Å². The van der Waals surface area contributed by atoms with Crippen LogP contribution >= 0.6 is 0 Å². The molecular formula is C13H20N2O2. The van der Waals surface area contributed by atoms with Gasteiger partial charge in [-0.25, -0.2) is 0 Å². The second kappa shape index (κ2) is 5.27. The number of methoxy groups -OCH3 is 1. The first-order chi connectivity index (χ1) is 8.20. The Morgan fingerprint density at radius 3 is 2.71 bits per heavy atom. The van der Waals surface area contributed by atoms with E-state index in [1.54, 1.807) is 7.11 Å². The highest BCUT2D eigenvalue weighted by Crippen LogP contribution is 2.34. The van der Waals surface area contributed by atoms with Crippen LogP contribution in [0.2, 0.25) is 0 Å². The largest absolute Gasteiger partial charge is 0.489 e. The van der Waals surface area contributed by atoms with Crippen LogP contribution in [0.1, 0.15) is 13.8 Å².